The number of benzene rings is 1. The van der Waals surface area contributed by atoms with Crippen molar-refractivity contribution >= 4 is 11.9 Å². The lowest BCUT2D eigenvalue weighted by Crippen LogP contribution is -2.39. The highest BCUT2D eigenvalue weighted by molar-refractivity contribution is 5.90. The minimum atomic E-state index is -0.873. The Balaban J connectivity index is 1.62. The standard InChI is InChI=1S/C18H19NO4/c1-12(23-18(21)16-10-5-11-22-16)17(20)19-15-9-4-7-13-6-2-3-8-14(13)15/h2-3,5-6,8,10-12,15H,4,7,9H2,1H3,(H,19,20)/t12-,15-/m1/s1. The van der Waals surface area contributed by atoms with Crippen molar-refractivity contribution in [1.82, 2.24) is 5.32 Å². The lowest BCUT2D eigenvalue weighted by molar-refractivity contribution is -0.130. The summed E-state index contributed by atoms with van der Waals surface area (Å²) in [5.41, 5.74) is 2.42. The first-order valence-corrected chi connectivity index (χ1v) is 7.78. The highest BCUT2D eigenvalue weighted by Gasteiger charge is 2.26. The Morgan fingerprint density at radius 3 is 2.87 bits per heavy atom. The van der Waals surface area contributed by atoms with E-state index >= 15 is 0 Å². The van der Waals surface area contributed by atoms with Crippen molar-refractivity contribution < 1.29 is 18.7 Å². The van der Waals surface area contributed by atoms with Crippen LogP contribution in [0.15, 0.2) is 47.1 Å². The van der Waals surface area contributed by atoms with Crippen molar-refractivity contribution in [3.05, 3.63) is 59.5 Å². The number of ether oxygens (including phenoxy) is 1. The van der Waals surface area contributed by atoms with E-state index < -0.39 is 12.1 Å². The molecule has 2 atom stereocenters. The molecule has 1 aromatic carbocycles. The summed E-state index contributed by atoms with van der Waals surface area (Å²) in [6.07, 6.45) is 3.47. The van der Waals surface area contributed by atoms with Crippen LogP contribution >= 0.6 is 0 Å². The van der Waals surface area contributed by atoms with Gasteiger partial charge >= 0.3 is 5.97 Å². The van der Waals surface area contributed by atoms with Gasteiger partial charge in [-0.1, -0.05) is 24.3 Å². The Hall–Kier alpha value is -2.56. The summed E-state index contributed by atoms with van der Waals surface area (Å²) in [6.45, 7) is 1.56. The maximum absolute atomic E-state index is 12.3. The fraction of sp³-hybridized carbons (Fsp3) is 0.333. The summed E-state index contributed by atoms with van der Waals surface area (Å²) < 4.78 is 10.1. The SMILES string of the molecule is C[C@@H](OC(=O)c1ccco1)C(=O)N[C@@H]1CCCc2ccccc21. The van der Waals surface area contributed by atoms with Gasteiger partial charge in [-0.05, 0) is 49.4 Å². The van der Waals surface area contributed by atoms with Crippen molar-refractivity contribution in [2.75, 3.05) is 0 Å². The van der Waals surface area contributed by atoms with Crippen LogP contribution in [0.3, 0.4) is 0 Å². The molecule has 0 unspecified atom stereocenters. The maximum atomic E-state index is 12.3. The van der Waals surface area contributed by atoms with Crippen LogP contribution in [0, 0.1) is 0 Å². The zero-order valence-corrected chi connectivity index (χ0v) is 13.0. The first-order chi connectivity index (χ1) is 11.1. The lowest BCUT2D eigenvalue weighted by atomic mass is 9.87. The summed E-state index contributed by atoms with van der Waals surface area (Å²) in [7, 11) is 0. The molecule has 5 heteroatoms. The molecule has 1 heterocycles. The highest BCUT2D eigenvalue weighted by atomic mass is 16.6. The average Bonchev–Trinajstić information content (AvgIpc) is 3.09. The van der Waals surface area contributed by atoms with Crippen molar-refractivity contribution in [2.24, 2.45) is 0 Å². The van der Waals surface area contributed by atoms with E-state index in [4.69, 9.17) is 9.15 Å². The van der Waals surface area contributed by atoms with E-state index in [1.807, 2.05) is 18.2 Å². The van der Waals surface area contributed by atoms with Gasteiger partial charge in [0, 0.05) is 0 Å². The molecule has 0 bridgehead atoms. The van der Waals surface area contributed by atoms with Crippen molar-refractivity contribution in [3.8, 4) is 0 Å². The molecule has 0 saturated heterocycles. The molecule has 23 heavy (non-hydrogen) atoms. The molecule has 3 rings (SSSR count). The van der Waals surface area contributed by atoms with E-state index in [-0.39, 0.29) is 17.7 Å². The summed E-state index contributed by atoms with van der Waals surface area (Å²) in [5, 5.41) is 2.98. The van der Waals surface area contributed by atoms with E-state index in [0.717, 1.165) is 24.8 Å². The third-order valence-electron chi connectivity index (χ3n) is 4.06. The molecule has 0 radical (unpaired) electrons. The van der Waals surface area contributed by atoms with Crippen LogP contribution in [0.5, 0.6) is 0 Å². The Bertz CT molecular complexity index is 693. The van der Waals surface area contributed by atoms with Gasteiger partial charge in [0.1, 0.15) is 0 Å². The number of furan rings is 1. The van der Waals surface area contributed by atoms with Crippen LogP contribution in [0.2, 0.25) is 0 Å². The van der Waals surface area contributed by atoms with Gasteiger partial charge < -0.3 is 14.5 Å². The molecule has 120 valence electrons. The number of rotatable bonds is 4. The van der Waals surface area contributed by atoms with E-state index in [1.165, 1.54) is 17.9 Å². The van der Waals surface area contributed by atoms with Gasteiger partial charge in [0.2, 0.25) is 5.76 Å². The summed E-state index contributed by atoms with van der Waals surface area (Å²) in [6, 6.07) is 11.2. The number of carbonyl (C=O) groups is 2. The number of nitrogens with one attached hydrogen (secondary N) is 1. The fourth-order valence-corrected chi connectivity index (χ4v) is 2.86. The minimum Gasteiger partial charge on any atom is -0.457 e. The first-order valence-electron chi connectivity index (χ1n) is 7.78. The molecule has 2 aromatic rings. The van der Waals surface area contributed by atoms with Gasteiger partial charge in [-0.3, -0.25) is 4.79 Å². The number of amides is 1. The van der Waals surface area contributed by atoms with Gasteiger partial charge in [-0.15, -0.1) is 0 Å². The van der Waals surface area contributed by atoms with E-state index in [1.54, 1.807) is 13.0 Å². The zero-order chi connectivity index (χ0) is 16.2. The van der Waals surface area contributed by atoms with Gasteiger partial charge in [-0.2, -0.15) is 0 Å². The first kappa shape index (κ1) is 15.3. The predicted octanol–water partition coefficient (Wildman–Crippen LogP) is 3.02. The number of hydrogen-bond donors (Lipinski definition) is 1. The number of hydrogen-bond acceptors (Lipinski definition) is 4. The Morgan fingerprint density at radius 2 is 2.09 bits per heavy atom. The van der Waals surface area contributed by atoms with Gasteiger partial charge in [0.15, 0.2) is 6.10 Å². The van der Waals surface area contributed by atoms with Crippen molar-refractivity contribution in [3.63, 3.8) is 0 Å². The predicted molar refractivity (Wildman–Crippen MR) is 83.8 cm³/mol. The zero-order valence-electron chi connectivity index (χ0n) is 13.0. The van der Waals surface area contributed by atoms with Crippen LogP contribution in [-0.4, -0.2) is 18.0 Å². The van der Waals surface area contributed by atoms with Crippen LogP contribution in [0.4, 0.5) is 0 Å². The number of esters is 1. The van der Waals surface area contributed by atoms with Crippen LogP contribution < -0.4 is 5.32 Å². The maximum Gasteiger partial charge on any atom is 0.374 e. The summed E-state index contributed by atoms with van der Waals surface area (Å²) in [5.74, 6) is -0.846. The van der Waals surface area contributed by atoms with Gasteiger partial charge in [-0.25, -0.2) is 4.79 Å². The van der Waals surface area contributed by atoms with Gasteiger partial charge in [0.25, 0.3) is 5.91 Å². The Labute approximate surface area is 134 Å². The molecular formula is C18H19NO4. The molecule has 0 spiro atoms. The fourth-order valence-electron chi connectivity index (χ4n) is 2.86. The molecule has 1 amide bonds. The summed E-state index contributed by atoms with van der Waals surface area (Å²) >= 11 is 0. The van der Waals surface area contributed by atoms with Crippen molar-refractivity contribution in [2.45, 2.75) is 38.3 Å². The second-order valence-corrected chi connectivity index (χ2v) is 5.68. The quantitative estimate of drug-likeness (QED) is 0.881. The van der Waals surface area contributed by atoms with Crippen LogP contribution in [0.1, 0.15) is 47.5 Å². The third kappa shape index (κ3) is 3.44. The molecule has 1 N–H and O–H groups in total. The largest absolute Gasteiger partial charge is 0.457 e. The molecule has 0 saturated carbocycles. The van der Waals surface area contributed by atoms with Gasteiger partial charge in [0.05, 0.1) is 12.3 Å². The molecular weight excluding hydrogens is 294 g/mol. The molecule has 1 aliphatic carbocycles. The number of carbonyl (C=O) groups excluding carboxylic acids is 2. The smallest absolute Gasteiger partial charge is 0.374 e. The number of fused-ring (bicyclic) bond motifs is 1. The third-order valence-corrected chi connectivity index (χ3v) is 4.06. The van der Waals surface area contributed by atoms with E-state index in [2.05, 4.69) is 11.4 Å². The summed E-state index contributed by atoms with van der Waals surface area (Å²) in [4.78, 5) is 24.1. The lowest BCUT2D eigenvalue weighted by Gasteiger charge is -2.27. The monoisotopic (exact) mass is 313 g/mol. The molecule has 0 aliphatic heterocycles. The Kier molecular flexibility index (Phi) is 4.46. The number of aryl methyl sites for hydroxylation is 1. The molecule has 1 aliphatic rings. The second-order valence-electron chi connectivity index (χ2n) is 5.68. The normalized spacial score (nSPS) is 17.9. The highest BCUT2D eigenvalue weighted by Crippen LogP contribution is 2.29. The van der Waals surface area contributed by atoms with Crippen LogP contribution in [0.25, 0.3) is 0 Å². The van der Waals surface area contributed by atoms with Crippen LogP contribution in [-0.2, 0) is 16.0 Å². The molecule has 0 fully saturated rings. The topological polar surface area (TPSA) is 68.5 Å². The minimum absolute atomic E-state index is 0.0304. The van der Waals surface area contributed by atoms with Crippen molar-refractivity contribution in [1.29, 1.82) is 0 Å². The second kappa shape index (κ2) is 6.69. The molecule has 5 nitrogen and oxygen atoms in total. The average molecular weight is 313 g/mol. The van der Waals surface area contributed by atoms with E-state index in [9.17, 15) is 9.59 Å². The Morgan fingerprint density at radius 1 is 1.26 bits per heavy atom. The molecule has 1 aromatic heterocycles. The van der Waals surface area contributed by atoms with E-state index in [0.29, 0.717) is 0 Å².